The van der Waals surface area contributed by atoms with Gasteiger partial charge in [-0.3, -0.25) is 0 Å². The minimum Gasteiger partial charge on any atom is -0.463 e. The molecule has 0 atom stereocenters. The van der Waals surface area contributed by atoms with E-state index in [0.29, 0.717) is 12.0 Å². The van der Waals surface area contributed by atoms with Crippen molar-refractivity contribution in [2.45, 2.75) is 51.9 Å². The first-order chi connectivity index (χ1) is 7.26. The van der Waals surface area contributed by atoms with E-state index >= 15 is 0 Å². The fourth-order valence-corrected chi connectivity index (χ4v) is 3.00. The minimum atomic E-state index is -0.0801. The summed E-state index contributed by atoms with van der Waals surface area (Å²) in [6.07, 6.45) is 10.8. The number of carbonyl (C=O) groups is 1. The molecule has 0 radical (unpaired) electrons. The van der Waals surface area contributed by atoms with Crippen LogP contribution in [0.25, 0.3) is 0 Å². The van der Waals surface area contributed by atoms with E-state index in [1.54, 1.807) is 0 Å². The first-order valence-corrected chi connectivity index (χ1v) is 6.15. The number of carbonyl (C=O) groups excluding carboxylic acids is 1. The van der Waals surface area contributed by atoms with E-state index in [0.717, 1.165) is 18.4 Å². The zero-order chi connectivity index (χ0) is 10.7. The number of ether oxygens (including phenoxy) is 1. The standard InChI is InChI=1S/C13H20O2/c1-2-15-12(14)11-6-5-9-13(10-11)7-3-4-8-13/h10H,2-9H2,1H3. The molecule has 2 aliphatic carbocycles. The fourth-order valence-electron chi connectivity index (χ4n) is 3.00. The normalized spacial score (nSPS) is 23.9. The van der Waals surface area contributed by atoms with Gasteiger partial charge in [0.1, 0.15) is 0 Å². The number of rotatable bonds is 2. The van der Waals surface area contributed by atoms with Crippen LogP contribution in [0.3, 0.4) is 0 Å². The molecule has 0 saturated heterocycles. The average molecular weight is 208 g/mol. The summed E-state index contributed by atoms with van der Waals surface area (Å²) in [6, 6.07) is 0. The predicted octanol–water partition coefficient (Wildman–Crippen LogP) is 3.22. The molecule has 0 aromatic rings. The first kappa shape index (κ1) is 10.7. The minimum absolute atomic E-state index is 0.0801. The summed E-state index contributed by atoms with van der Waals surface area (Å²) in [5, 5.41) is 0. The Morgan fingerprint density at radius 3 is 2.67 bits per heavy atom. The molecule has 1 spiro atoms. The van der Waals surface area contributed by atoms with E-state index in [1.807, 2.05) is 6.92 Å². The van der Waals surface area contributed by atoms with E-state index < -0.39 is 0 Å². The van der Waals surface area contributed by atoms with Gasteiger partial charge in [0.05, 0.1) is 6.61 Å². The van der Waals surface area contributed by atoms with Crippen molar-refractivity contribution in [3.8, 4) is 0 Å². The second-order valence-corrected chi connectivity index (χ2v) is 4.81. The summed E-state index contributed by atoms with van der Waals surface area (Å²) in [7, 11) is 0. The van der Waals surface area contributed by atoms with Gasteiger partial charge in [0.2, 0.25) is 0 Å². The number of esters is 1. The molecule has 0 amide bonds. The van der Waals surface area contributed by atoms with Crippen molar-refractivity contribution in [2.24, 2.45) is 5.41 Å². The van der Waals surface area contributed by atoms with E-state index in [4.69, 9.17) is 4.74 Å². The molecule has 2 nitrogen and oxygen atoms in total. The summed E-state index contributed by atoms with van der Waals surface area (Å²) in [4.78, 5) is 11.6. The van der Waals surface area contributed by atoms with Crippen LogP contribution in [0, 0.1) is 5.41 Å². The Morgan fingerprint density at radius 2 is 2.00 bits per heavy atom. The Balaban J connectivity index is 2.11. The lowest BCUT2D eigenvalue weighted by molar-refractivity contribution is -0.138. The maximum Gasteiger partial charge on any atom is 0.333 e. The van der Waals surface area contributed by atoms with Crippen LogP contribution in [0.4, 0.5) is 0 Å². The number of allylic oxidation sites excluding steroid dienone is 1. The molecule has 84 valence electrons. The highest BCUT2D eigenvalue weighted by molar-refractivity contribution is 5.88. The highest BCUT2D eigenvalue weighted by atomic mass is 16.5. The van der Waals surface area contributed by atoms with Crippen LogP contribution in [0.5, 0.6) is 0 Å². The fraction of sp³-hybridized carbons (Fsp3) is 0.769. The van der Waals surface area contributed by atoms with Crippen molar-refractivity contribution in [3.05, 3.63) is 11.6 Å². The molecular weight excluding hydrogens is 188 g/mol. The molecule has 0 aliphatic heterocycles. The van der Waals surface area contributed by atoms with Crippen LogP contribution in [0.15, 0.2) is 11.6 Å². The van der Waals surface area contributed by atoms with E-state index in [1.165, 1.54) is 32.1 Å². The summed E-state index contributed by atoms with van der Waals surface area (Å²) in [5.74, 6) is -0.0801. The molecule has 0 N–H and O–H groups in total. The smallest absolute Gasteiger partial charge is 0.333 e. The second-order valence-electron chi connectivity index (χ2n) is 4.81. The van der Waals surface area contributed by atoms with Gasteiger partial charge in [-0.2, -0.15) is 0 Å². The molecule has 0 aromatic carbocycles. The third kappa shape index (κ3) is 2.24. The Morgan fingerprint density at radius 1 is 1.33 bits per heavy atom. The molecule has 15 heavy (non-hydrogen) atoms. The predicted molar refractivity (Wildman–Crippen MR) is 59.5 cm³/mol. The Labute approximate surface area is 91.7 Å². The maximum absolute atomic E-state index is 11.6. The summed E-state index contributed by atoms with van der Waals surface area (Å²) >= 11 is 0. The van der Waals surface area contributed by atoms with Gasteiger partial charge in [0.15, 0.2) is 0 Å². The number of hydrogen-bond acceptors (Lipinski definition) is 2. The van der Waals surface area contributed by atoms with Crippen LogP contribution < -0.4 is 0 Å². The van der Waals surface area contributed by atoms with Gasteiger partial charge in [0.25, 0.3) is 0 Å². The molecule has 2 rings (SSSR count). The van der Waals surface area contributed by atoms with Crippen LogP contribution >= 0.6 is 0 Å². The van der Waals surface area contributed by atoms with Gasteiger partial charge in [0, 0.05) is 5.57 Å². The van der Waals surface area contributed by atoms with Crippen molar-refractivity contribution >= 4 is 5.97 Å². The molecular formula is C13H20O2. The Bertz CT molecular complexity index is 272. The van der Waals surface area contributed by atoms with Crippen molar-refractivity contribution in [1.29, 1.82) is 0 Å². The van der Waals surface area contributed by atoms with E-state index in [-0.39, 0.29) is 5.97 Å². The lowest BCUT2D eigenvalue weighted by Gasteiger charge is -2.30. The average Bonchev–Trinajstić information content (AvgIpc) is 2.67. The Hall–Kier alpha value is -0.790. The van der Waals surface area contributed by atoms with Gasteiger partial charge >= 0.3 is 5.97 Å². The van der Waals surface area contributed by atoms with Crippen LogP contribution in [-0.4, -0.2) is 12.6 Å². The largest absolute Gasteiger partial charge is 0.463 e. The number of hydrogen-bond donors (Lipinski definition) is 0. The summed E-state index contributed by atoms with van der Waals surface area (Å²) < 4.78 is 5.08. The topological polar surface area (TPSA) is 26.3 Å². The molecule has 1 fully saturated rings. The van der Waals surface area contributed by atoms with Gasteiger partial charge in [-0.25, -0.2) is 4.79 Å². The zero-order valence-electron chi connectivity index (χ0n) is 9.55. The van der Waals surface area contributed by atoms with E-state index in [9.17, 15) is 4.79 Å². The van der Waals surface area contributed by atoms with Gasteiger partial charge in [-0.15, -0.1) is 0 Å². The van der Waals surface area contributed by atoms with Crippen LogP contribution in [-0.2, 0) is 9.53 Å². The third-order valence-corrected chi connectivity index (χ3v) is 3.74. The van der Waals surface area contributed by atoms with Crippen molar-refractivity contribution in [3.63, 3.8) is 0 Å². The van der Waals surface area contributed by atoms with Crippen LogP contribution in [0.2, 0.25) is 0 Å². The van der Waals surface area contributed by atoms with Gasteiger partial charge in [-0.05, 0) is 44.4 Å². The van der Waals surface area contributed by atoms with Crippen molar-refractivity contribution < 1.29 is 9.53 Å². The van der Waals surface area contributed by atoms with E-state index in [2.05, 4.69) is 6.08 Å². The SMILES string of the molecule is CCOC(=O)C1=CC2(CCCC2)CCC1. The lowest BCUT2D eigenvalue weighted by Crippen LogP contribution is -2.21. The molecule has 1 saturated carbocycles. The van der Waals surface area contributed by atoms with Gasteiger partial charge in [-0.1, -0.05) is 18.9 Å². The zero-order valence-corrected chi connectivity index (χ0v) is 9.55. The summed E-state index contributed by atoms with van der Waals surface area (Å²) in [6.45, 7) is 2.36. The highest BCUT2D eigenvalue weighted by Gasteiger charge is 2.35. The quantitative estimate of drug-likeness (QED) is 0.651. The second kappa shape index (κ2) is 4.38. The van der Waals surface area contributed by atoms with Crippen molar-refractivity contribution in [1.82, 2.24) is 0 Å². The molecule has 2 aliphatic rings. The lowest BCUT2D eigenvalue weighted by atomic mass is 9.75. The molecule has 2 heteroatoms. The maximum atomic E-state index is 11.6. The van der Waals surface area contributed by atoms with Crippen LogP contribution in [0.1, 0.15) is 51.9 Å². The monoisotopic (exact) mass is 208 g/mol. The Kier molecular flexibility index (Phi) is 3.13. The molecule has 0 unspecified atom stereocenters. The first-order valence-electron chi connectivity index (χ1n) is 6.15. The highest BCUT2D eigenvalue weighted by Crippen LogP contribution is 2.47. The van der Waals surface area contributed by atoms with Gasteiger partial charge < -0.3 is 4.74 Å². The van der Waals surface area contributed by atoms with Crippen molar-refractivity contribution in [2.75, 3.05) is 6.61 Å². The third-order valence-electron chi connectivity index (χ3n) is 3.74. The summed E-state index contributed by atoms with van der Waals surface area (Å²) in [5.41, 5.74) is 1.30. The molecule has 0 aromatic heterocycles. The molecule has 0 bridgehead atoms. The molecule has 0 heterocycles.